The molecule has 5 heteroatoms. The maximum Gasteiger partial charge on any atom is 0.163 e. The van der Waals surface area contributed by atoms with Gasteiger partial charge in [0, 0.05) is 15.4 Å². The van der Waals surface area contributed by atoms with E-state index in [0.717, 1.165) is 32.1 Å². The van der Waals surface area contributed by atoms with E-state index in [1.807, 2.05) is 44.2 Å². The quantitative estimate of drug-likeness (QED) is 0.484. The molecular formula is C16H11BrCl2N2. The van der Waals surface area contributed by atoms with Crippen LogP contribution in [0, 0.1) is 13.8 Å². The van der Waals surface area contributed by atoms with Crippen LogP contribution in [0.1, 0.15) is 11.1 Å². The Balaban J connectivity index is 2.30. The molecule has 2 aromatic carbocycles. The predicted molar refractivity (Wildman–Crippen MR) is 92.2 cm³/mol. The molecule has 0 aliphatic rings. The molecule has 106 valence electrons. The molecule has 0 fully saturated rings. The molecule has 0 unspecified atom stereocenters. The van der Waals surface area contributed by atoms with Crippen molar-refractivity contribution in [3.63, 3.8) is 0 Å². The fourth-order valence-electron chi connectivity index (χ4n) is 2.21. The van der Waals surface area contributed by atoms with E-state index in [1.54, 1.807) is 0 Å². The first kappa shape index (κ1) is 14.8. The summed E-state index contributed by atoms with van der Waals surface area (Å²) in [5.41, 5.74) is 3.75. The van der Waals surface area contributed by atoms with Crippen LogP contribution in [-0.2, 0) is 0 Å². The van der Waals surface area contributed by atoms with Gasteiger partial charge in [0.25, 0.3) is 0 Å². The number of fused-ring (bicyclic) bond motifs is 1. The lowest BCUT2D eigenvalue weighted by molar-refractivity contribution is 1.22. The van der Waals surface area contributed by atoms with Gasteiger partial charge in [0.05, 0.1) is 10.5 Å². The maximum atomic E-state index is 6.32. The van der Waals surface area contributed by atoms with Crippen molar-refractivity contribution in [1.82, 2.24) is 9.97 Å². The number of aromatic nitrogens is 2. The van der Waals surface area contributed by atoms with Crippen molar-refractivity contribution in [2.75, 3.05) is 0 Å². The number of aryl methyl sites for hydroxylation is 2. The zero-order chi connectivity index (χ0) is 15.1. The van der Waals surface area contributed by atoms with Crippen LogP contribution in [0.4, 0.5) is 0 Å². The Bertz CT molecular complexity index is 863. The van der Waals surface area contributed by atoms with E-state index in [-0.39, 0.29) is 0 Å². The Morgan fingerprint density at radius 3 is 2.43 bits per heavy atom. The fourth-order valence-corrected chi connectivity index (χ4v) is 3.42. The summed E-state index contributed by atoms with van der Waals surface area (Å²) in [7, 11) is 0. The zero-order valence-corrected chi connectivity index (χ0v) is 14.5. The first-order chi connectivity index (χ1) is 9.95. The van der Waals surface area contributed by atoms with Crippen molar-refractivity contribution in [3.8, 4) is 11.4 Å². The summed E-state index contributed by atoms with van der Waals surface area (Å²) in [6.45, 7) is 3.99. The van der Waals surface area contributed by atoms with Gasteiger partial charge >= 0.3 is 0 Å². The van der Waals surface area contributed by atoms with Gasteiger partial charge in [-0.2, -0.15) is 0 Å². The highest BCUT2D eigenvalue weighted by Gasteiger charge is 2.13. The molecule has 21 heavy (non-hydrogen) atoms. The van der Waals surface area contributed by atoms with Gasteiger partial charge < -0.3 is 0 Å². The molecule has 0 amide bonds. The molecule has 0 aliphatic heterocycles. The number of hydrogen-bond acceptors (Lipinski definition) is 2. The Hall–Kier alpha value is -1.16. The molecule has 0 atom stereocenters. The van der Waals surface area contributed by atoms with E-state index in [2.05, 4.69) is 25.9 Å². The van der Waals surface area contributed by atoms with Crippen molar-refractivity contribution in [2.45, 2.75) is 13.8 Å². The Labute approximate surface area is 141 Å². The molecule has 2 nitrogen and oxygen atoms in total. The van der Waals surface area contributed by atoms with Crippen LogP contribution in [0.5, 0.6) is 0 Å². The SMILES string of the molecule is Cc1ccc(-c2nc(Cl)c3cc(C)cc(Br)c3n2)c(Cl)c1. The molecule has 3 rings (SSSR count). The standard InChI is InChI=1S/C16H11BrCl2N2/c1-8-3-4-10(13(18)7-8)16-20-14-11(15(19)21-16)5-9(2)6-12(14)17/h3-7H,1-2H3. The van der Waals surface area contributed by atoms with Gasteiger partial charge in [0.1, 0.15) is 5.15 Å². The largest absolute Gasteiger partial charge is 0.227 e. The molecule has 0 N–H and O–H groups in total. The minimum Gasteiger partial charge on any atom is -0.227 e. The van der Waals surface area contributed by atoms with Crippen LogP contribution in [0.2, 0.25) is 10.2 Å². The average Bonchev–Trinajstić information content (AvgIpc) is 2.40. The summed E-state index contributed by atoms with van der Waals surface area (Å²) in [5, 5.41) is 1.88. The van der Waals surface area contributed by atoms with E-state index < -0.39 is 0 Å². The van der Waals surface area contributed by atoms with Crippen molar-refractivity contribution in [1.29, 1.82) is 0 Å². The first-order valence-corrected chi connectivity index (χ1v) is 7.90. The average molecular weight is 382 g/mol. The van der Waals surface area contributed by atoms with Crippen molar-refractivity contribution >= 4 is 50.0 Å². The second-order valence-electron chi connectivity index (χ2n) is 4.96. The molecule has 0 aliphatic carbocycles. The lowest BCUT2D eigenvalue weighted by atomic mass is 10.1. The van der Waals surface area contributed by atoms with E-state index in [0.29, 0.717) is 16.0 Å². The highest BCUT2D eigenvalue weighted by atomic mass is 79.9. The summed E-state index contributed by atoms with van der Waals surface area (Å²) in [6.07, 6.45) is 0. The summed E-state index contributed by atoms with van der Waals surface area (Å²) in [5.74, 6) is 0.530. The van der Waals surface area contributed by atoms with Crippen LogP contribution in [0.15, 0.2) is 34.8 Å². The molecule has 0 spiro atoms. The molecule has 0 saturated carbocycles. The molecule has 1 aromatic heterocycles. The van der Waals surface area contributed by atoms with Crippen molar-refractivity contribution in [3.05, 3.63) is 56.1 Å². The minimum atomic E-state index is 0.427. The van der Waals surface area contributed by atoms with E-state index in [4.69, 9.17) is 23.2 Å². The number of benzene rings is 2. The van der Waals surface area contributed by atoms with Gasteiger partial charge in [0.2, 0.25) is 0 Å². The van der Waals surface area contributed by atoms with Gasteiger partial charge in [-0.3, -0.25) is 0 Å². The molecule has 0 radical (unpaired) electrons. The Kier molecular flexibility index (Phi) is 3.91. The fraction of sp³-hybridized carbons (Fsp3) is 0.125. The van der Waals surface area contributed by atoms with Crippen LogP contribution < -0.4 is 0 Å². The number of halogens is 3. The van der Waals surface area contributed by atoms with Crippen LogP contribution >= 0.6 is 39.1 Å². The van der Waals surface area contributed by atoms with Gasteiger partial charge in [0.15, 0.2) is 5.82 Å². The number of nitrogens with zero attached hydrogens (tertiary/aromatic N) is 2. The van der Waals surface area contributed by atoms with Crippen LogP contribution in [0.3, 0.4) is 0 Å². The van der Waals surface area contributed by atoms with E-state index in [1.165, 1.54) is 0 Å². The Morgan fingerprint density at radius 2 is 1.71 bits per heavy atom. The van der Waals surface area contributed by atoms with Crippen LogP contribution in [-0.4, -0.2) is 9.97 Å². The summed E-state index contributed by atoms with van der Waals surface area (Å²) in [4.78, 5) is 9.00. The van der Waals surface area contributed by atoms with Crippen molar-refractivity contribution < 1.29 is 0 Å². The third-order valence-corrected chi connectivity index (χ3v) is 4.42. The Morgan fingerprint density at radius 1 is 0.952 bits per heavy atom. The van der Waals surface area contributed by atoms with Gasteiger partial charge in [-0.15, -0.1) is 0 Å². The third-order valence-electron chi connectivity index (χ3n) is 3.22. The lowest BCUT2D eigenvalue weighted by Gasteiger charge is -2.09. The number of hydrogen-bond donors (Lipinski definition) is 0. The smallest absolute Gasteiger partial charge is 0.163 e. The normalized spacial score (nSPS) is 11.1. The van der Waals surface area contributed by atoms with E-state index >= 15 is 0 Å². The van der Waals surface area contributed by atoms with Crippen LogP contribution in [0.25, 0.3) is 22.3 Å². The summed E-state index contributed by atoms with van der Waals surface area (Å²) >= 11 is 16.2. The molecule has 3 aromatic rings. The molecule has 0 saturated heterocycles. The summed E-state index contributed by atoms with van der Waals surface area (Å²) in [6, 6.07) is 9.77. The van der Waals surface area contributed by atoms with Gasteiger partial charge in [-0.25, -0.2) is 9.97 Å². The highest BCUT2D eigenvalue weighted by molar-refractivity contribution is 9.10. The maximum absolute atomic E-state index is 6.32. The topological polar surface area (TPSA) is 25.8 Å². The monoisotopic (exact) mass is 380 g/mol. The van der Waals surface area contributed by atoms with Gasteiger partial charge in [-0.1, -0.05) is 29.3 Å². The van der Waals surface area contributed by atoms with E-state index in [9.17, 15) is 0 Å². The zero-order valence-electron chi connectivity index (χ0n) is 11.4. The third kappa shape index (κ3) is 2.78. The van der Waals surface area contributed by atoms with Crippen molar-refractivity contribution in [2.24, 2.45) is 0 Å². The highest BCUT2D eigenvalue weighted by Crippen LogP contribution is 2.33. The first-order valence-electron chi connectivity index (χ1n) is 6.35. The summed E-state index contributed by atoms with van der Waals surface area (Å²) < 4.78 is 0.895. The second kappa shape index (κ2) is 5.56. The predicted octanol–water partition coefficient (Wildman–Crippen LogP) is 5.98. The lowest BCUT2D eigenvalue weighted by Crippen LogP contribution is -1.94. The number of rotatable bonds is 1. The molecule has 0 bridgehead atoms. The molecular weight excluding hydrogens is 371 g/mol. The van der Waals surface area contributed by atoms with Gasteiger partial charge in [-0.05, 0) is 65.2 Å². The molecule has 1 heterocycles. The second-order valence-corrected chi connectivity index (χ2v) is 6.58. The minimum absolute atomic E-state index is 0.427.